The van der Waals surface area contributed by atoms with E-state index in [2.05, 4.69) is 35.5 Å². The highest BCUT2D eigenvalue weighted by Crippen LogP contribution is 2.14. The number of nitrogens with zero attached hydrogens (tertiary/aromatic N) is 4. The molecule has 0 unspecified atom stereocenters. The van der Waals surface area contributed by atoms with Gasteiger partial charge in [-0.3, -0.25) is 0 Å². The zero-order chi connectivity index (χ0) is 11.3. The maximum atomic E-state index is 4.10. The van der Waals surface area contributed by atoms with E-state index in [9.17, 15) is 0 Å². The molecule has 4 heteroatoms. The van der Waals surface area contributed by atoms with E-state index in [0.29, 0.717) is 11.9 Å². The number of aliphatic imine (C=N–C) groups is 1. The van der Waals surface area contributed by atoms with Crippen molar-refractivity contribution < 1.29 is 0 Å². The third-order valence-electron chi connectivity index (χ3n) is 1.97. The smallest absolute Gasteiger partial charge is 0.224 e. The summed E-state index contributed by atoms with van der Waals surface area (Å²) in [6, 6.07) is 0. The summed E-state index contributed by atoms with van der Waals surface area (Å²) in [5, 5.41) is 4.07. The van der Waals surface area contributed by atoms with Crippen LogP contribution in [-0.4, -0.2) is 21.0 Å². The van der Waals surface area contributed by atoms with E-state index in [1.54, 1.807) is 10.9 Å². The molecule has 0 radical (unpaired) electrons. The topological polar surface area (TPSA) is 43.1 Å². The van der Waals surface area contributed by atoms with Crippen molar-refractivity contribution >= 4 is 18.4 Å². The van der Waals surface area contributed by atoms with Gasteiger partial charge in [0.15, 0.2) is 0 Å². The van der Waals surface area contributed by atoms with Gasteiger partial charge in [0.25, 0.3) is 5.95 Å². The second-order valence-corrected chi connectivity index (χ2v) is 3.38. The molecule has 4 nitrogen and oxygen atoms in total. The standard InChI is InChI=1S/C11H16N4/c1-5-10(9(3)4)7-15-11(12-6-2)13-8-14-15/h5-9H,1H2,2-4H3/b10-7+,12-6+. The van der Waals surface area contributed by atoms with Gasteiger partial charge >= 0.3 is 0 Å². The van der Waals surface area contributed by atoms with Crippen molar-refractivity contribution in [3.05, 3.63) is 24.6 Å². The monoisotopic (exact) mass is 204 g/mol. The Morgan fingerprint density at radius 3 is 2.87 bits per heavy atom. The lowest BCUT2D eigenvalue weighted by molar-refractivity contribution is 0.785. The van der Waals surface area contributed by atoms with Gasteiger partial charge in [-0.1, -0.05) is 26.5 Å². The van der Waals surface area contributed by atoms with Crippen LogP contribution in [0.3, 0.4) is 0 Å². The number of rotatable bonds is 4. The number of hydrogen-bond acceptors (Lipinski definition) is 3. The number of allylic oxidation sites excluding steroid dienone is 2. The molecule has 0 saturated carbocycles. The molecule has 1 heterocycles. The predicted octanol–water partition coefficient (Wildman–Crippen LogP) is 2.68. The van der Waals surface area contributed by atoms with Crippen LogP contribution >= 0.6 is 0 Å². The molecule has 80 valence electrons. The van der Waals surface area contributed by atoms with Gasteiger partial charge < -0.3 is 0 Å². The van der Waals surface area contributed by atoms with Gasteiger partial charge in [-0.05, 0) is 18.4 Å². The lowest BCUT2D eigenvalue weighted by Gasteiger charge is -2.05. The third-order valence-corrected chi connectivity index (χ3v) is 1.97. The molecule has 0 saturated heterocycles. The van der Waals surface area contributed by atoms with Crippen LogP contribution in [0.4, 0.5) is 5.95 Å². The van der Waals surface area contributed by atoms with Gasteiger partial charge in [0.2, 0.25) is 0 Å². The van der Waals surface area contributed by atoms with Crippen LogP contribution in [0.5, 0.6) is 0 Å². The van der Waals surface area contributed by atoms with E-state index < -0.39 is 0 Å². The van der Waals surface area contributed by atoms with Gasteiger partial charge in [-0.2, -0.15) is 10.1 Å². The summed E-state index contributed by atoms with van der Waals surface area (Å²) >= 11 is 0. The van der Waals surface area contributed by atoms with E-state index >= 15 is 0 Å². The van der Waals surface area contributed by atoms with E-state index in [4.69, 9.17) is 0 Å². The average molecular weight is 204 g/mol. The van der Waals surface area contributed by atoms with E-state index in [0.717, 1.165) is 5.57 Å². The van der Waals surface area contributed by atoms with E-state index in [1.807, 2.05) is 19.2 Å². The zero-order valence-electron chi connectivity index (χ0n) is 9.38. The lowest BCUT2D eigenvalue weighted by atomic mass is 10.1. The Morgan fingerprint density at radius 2 is 2.33 bits per heavy atom. The quantitative estimate of drug-likeness (QED) is 0.559. The molecule has 0 atom stereocenters. The van der Waals surface area contributed by atoms with Gasteiger partial charge in [-0.25, -0.2) is 9.67 Å². The molecule has 0 spiro atoms. The first-order chi connectivity index (χ1) is 7.19. The molecule has 0 aliphatic carbocycles. The molecule has 1 aromatic heterocycles. The molecule has 0 N–H and O–H groups in total. The molecule has 0 aliphatic rings. The number of hydrogen-bond donors (Lipinski definition) is 0. The molecule has 0 fully saturated rings. The summed E-state index contributed by atoms with van der Waals surface area (Å²) in [6.07, 6.45) is 6.90. The van der Waals surface area contributed by atoms with Crippen molar-refractivity contribution in [2.75, 3.05) is 0 Å². The van der Waals surface area contributed by atoms with Crippen molar-refractivity contribution in [3.8, 4) is 0 Å². The maximum Gasteiger partial charge on any atom is 0.251 e. The van der Waals surface area contributed by atoms with Crippen molar-refractivity contribution in [1.29, 1.82) is 0 Å². The highest BCUT2D eigenvalue weighted by Gasteiger charge is 2.02. The number of aromatic nitrogens is 3. The van der Waals surface area contributed by atoms with Crippen molar-refractivity contribution in [2.45, 2.75) is 20.8 Å². The van der Waals surface area contributed by atoms with Gasteiger partial charge in [0, 0.05) is 12.4 Å². The molecule has 0 amide bonds. The Morgan fingerprint density at radius 1 is 1.60 bits per heavy atom. The van der Waals surface area contributed by atoms with Crippen LogP contribution < -0.4 is 0 Å². The van der Waals surface area contributed by atoms with Gasteiger partial charge in [0.1, 0.15) is 6.33 Å². The minimum Gasteiger partial charge on any atom is -0.224 e. The van der Waals surface area contributed by atoms with Crippen LogP contribution in [0.15, 0.2) is 29.5 Å². The normalized spacial score (nSPS) is 12.7. The summed E-state index contributed by atoms with van der Waals surface area (Å²) < 4.78 is 1.65. The first-order valence-electron chi connectivity index (χ1n) is 4.91. The minimum absolute atomic E-state index is 0.408. The zero-order valence-corrected chi connectivity index (χ0v) is 9.38. The Labute approximate surface area is 90.1 Å². The average Bonchev–Trinajstić information content (AvgIpc) is 2.62. The molecule has 0 bridgehead atoms. The molecule has 0 aliphatic heterocycles. The van der Waals surface area contributed by atoms with Crippen LogP contribution in [0.2, 0.25) is 0 Å². The van der Waals surface area contributed by atoms with Crippen molar-refractivity contribution in [3.63, 3.8) is 0 Å². The minimum atomic E-state index is 0.408. The summed E-state index contributed by atoms with van der Waals surface area (Å²) in [5.41, 5.74) is 1.10. The molecular formula is C11H16N4. The fourth-order valence-corrected chi connectivity index (χ4v) is 1.12. The fraction of sp³-hybridized carbons (Fsp3) is 0.364. The van der Waals surface area contributed by atoms with Crippen LogP contribution in [0.25, 0.3) is 6.20 Å². The van der Waals surface area contributed by atoms with Gasteiger partial charge in [-0.15, -0.1) is 0 Å². The second-order valence-electron chi connectivity index (χ2n) is 3.38. The summed E-state index contributed by atoms with van der Waals surface area (Å²) in [7, 11) is 0. The van der Waals surface area contributed by atoms with E-state index in [1.165, 1.54) is 6.33 Å². The highest BCUT2D eigenvalue weighted by molar-refractivity contribution is 5.58. The second kappa shape index (κ2) is 5.24. The lowest BCUT2D eigenvalue weighted by Crippen LogP contribution is -1.96. The SMILES string of the molecule is C=C/C(=C\n1ncnc1/N=C/C)C(C)C. The Kier molecular flexibility index (Phi) is 3.97. The third kappa shape index (κ3) is 2.87. The Bertz CT molecular complexity index is 385. The van der Waals surface area contributed by atoms with Crippen LogP contribution in [0, 0.1) is 5.92 Å². The van der Waals surface area contributed by atoms with Crippen molar-refractivity contribution in [1.82, 2.24) is 14.8 Å². The highest BCUT2D eigenvalue weighted by atomic mass is 15.4. The summed E-state index contributed by atoms with van der Waals surface area (Å²) in [5.74, 6) is 0.989. The molecule has 0 aromatic carbocycles. The predicted molar refractivity (Wildman–Crippen MR) is 63.2 cm³/mol. The first-order valence-corrected chi connectivity index (χ1v) is 4.91. The largest absolute Gasteiger partial charge is 0.251 e. The maximum absolute atomic E-state index is 4.10. The summed E-state index contributed by atoms with van der Waals surface area (Å²) in [4.78, 5) is 8.13. The molecule has 1 rings (SSSR count). The molecule has 15 heavy (non-hydrogen) atoms. The molecular weight excluding hydrogens is 188 g/mol. The van der Waals surface area contributed by atoms with Crippen LogP contribution in [-0.2, 0) is 0 Å². The Balaban J connectivity index is 3.05. The van der Waals surface area contributed by atoms with E-state index in [-0.39, 0.29) is 0 Å². The van der Waals surface area contributed by atoms with Crippen LogP contribution in [0.1, 0.15) is 20.8 Å². The van der Waals surface area contributed by atoms with Gasteiger partial charge in [0.05, 0.1) is 0 Å². The summed E-state index contributed by atoms with van der Waals surface area (Å²) in [6.45, 7) is 9.83. The first kappa shape index (κ1) is 11.4. The van der Waals surface area contributed by atoms with Crippen molar-refractivity contribution in [2.24, 2.45) is 10.9 Å². The Hall–Kier alpha value is -1.71. The fourth-order valence-electron chi connectivity index (χ4n) is 1.12. The molecule has 1 aromatic rings.